The van der Waals surface area contributed by atoms with Crippen molar-refractivity contribution in [2.75, 3.05) is 13.2 Å². The van der Waals surface area contributed by atoms with Crippen LogP contribution in [0, 0.1) is 0 Å². The molecule has 1 atom stereocenters. The van der Waals surface area contributed by atoms with Crippen LogP contribution < -0.4 is 0 Å². The second-order valence-corrected chi connectivity index (χ2v) is 2.28. The molecule has 1 N–H and O–H groups in total. The summed E-state index contributed by atoms with van der Waals surface area (Å²) in [5, 5.41) is 9.07. The van der Waals surface area contributed by atoms with Crippen LogP contribution in [0.4, 0.5) is 0 Å². The first-order valence-corrected chi connectivity index (χ1v) is 4.12. The fourth-order valence-electron chi connectivity index (χ4n) is 0.700. The summed E-state index contributed by atoms with van der Waals surface area (Å²) in [4.78, 5) is 21.6. The highest BCUT2D eigenvalue weighted by atomic mass is 16.6. The van der Waals surface area contributed by atoms with E-state index in [1.807, 2.05) is 0 Å². The fourth-order valence-corrected chi connectivity index (χ4v) is 0.700. The Morgan fingerprint density at radius 3 is 2.23 bits per heavy atom. The van der Waals surface area contributed by atoms with E-state index >= 15 is 0 Å². The molecule has 0 saturated heterocycles. The number of carbonyl (C=O) groups is 2. The number of hydrogen-bond acceptors (Lipinski definition) is 5. The number of rotatable bonds is 5. The summed E-state index contributed by atoms with van der Waals surface area (Å²) in [5.74, 6) is -1.40. The zero-order valence-electron chi connectivity index (χ0n) is 7.78. The Morgan fingerprint density at radius 1 is 1.23 bits per heavy atom. The topological polar surface area (TPSA) is 72.8 Å². The Labute approximate surface area is 76.6 Å². The van der Waals surface area contributed by atoms with Gasteiger partial charge in [0, 0.05) is 0 Å². The molecule has 0 heterocycles. The van der Waals surface area contributed by atoms with Crippen LogP contribution in [0.3, 0.4) is 0 Å². The van der Waals surface area contributed by atoms with Gasteiger partial charge in [-0.1, -0.05) is 0 Å². The van der Waals surface area contributed by atoms with Crippen molar-refractivity contribution in [2.24, 2.45) is 0 Å². The molecule has 0 saturated carbocycles. The molecule has 0 radical (unpaired) electrons. The van der Waals surface area contributed by atoms with Crippen molar-refractivity contribution in [2.45, 2.75) is 26.4 Å². The molecule has 0 aliphatic carbocycles. The largest absolute Gasteiger partial charge is 0.466 e. The second-order valence-electron chi connectivity index (χ2n) is 2.28. The number of aliphatic hydroxyl groups excluding tert-OH is 1. The monoisotopic (exact) mass is 190 g/mol. The predicted molar refractivity (Wildman–Crippen MR) is 43.9 cm³/mol. The molecule has 13 heavy (non-hydrogen) atoms. The lowest BCUT2D eigenvalue weighted by molar-refractivity contribution is -0.159. The molecule has 76 valence electrons. The molecule has 0 aliphatic heterocycles. The first kappa shape index (κ1) is 11.9. The standard InChI is InChI=1S/C8H14O5/c1-3-12-7(10)5-6(9)8(11)13-4-2/h6,9H,3-5H2,1-2H3/t6-/m0/s1. The maximum Gasteiger partial charge on any atom is 0.335 e. The molecule has 0 amide bonds. The molecule has 5 nitrogen and oxygen atoms in total. The fraction of sp³-hybridized carbons (Fsp3) is 0.750. The maximum absolute atomic E-state index is 10.8. The summed E-state index contributed by atoms with van der Waals surface area (Å²) < 4.78 is 9.02. The first-order chi connectivity index (χ1) is 6.11. The third kappa shape index (κ3) is 5.19. The minimum atomic E-state index is -1.42. The van der Waals surface area contributed by atoms with Crippen molar-refractivity contribution in [1.29, 1.82) is 0 Å². The van der Waals surface area contributed by atoms with E-state index in [-0.39, 0.29) is 19.6 Å². The third-order valence-electron chi connectivity index (χ3n) is 1.22. The molecule has 0 bridgehead atoms. The van der Waals surface area contributed by atoms with E-state index in [0.717, 1.165) is 0 Å². The summed E-state index contributed by atoms with van der Waals surface area (Å²) in [5.41, 5.74) is 0. The van der Waals surface area contributed by atoms with Gasteiger partial charge in [-0.3, -0.25) is 4.79 Å². The Balaban J connectivity index is 3.78. The zero-order chi connectivity index (χ0) is 10.3. The zero-order valence-corrected chi connectivity index (χ0v) is 7.78. The quantitative estimate of drug-likeness (QED) is 0.611. The molecular formula is C8H14O5. The van der Waals surface area contributed by atoms with E-state index in [2.05, 4.69) is 9.47 Å². The van der Waals surface area contributed by atoms with Crippen LogP contribution in [0.1, 0.15) is 20.3 Å². The molecule has 0 aromatic rings. The highest BCUT2D eigenvalue weighted by molar-refractivity contribution is 5.81. The van der Waals surface area contributed by atoms with Gasteiger partial charge in [0.25, 0.3) is 0 Å². The third-order valence-corrected chi connectivity index (χ3v) is 1.22. The Hall–Kier alpha value is -1.10. The average Bonchev–Trinajstić information content (AvgIpc) is 2.05. The first-order valence-electron chi connectivity index (χ1n) is 4.12. The summed E-state index contributed by atoms with van der Waals surface area (Å²) in [6.07, 6.45) is -1.77. The lowest BCUT2D eigenvalue weighted by atomic mass is 10.2. The molecule has 0 aliphatic rings. The molecule has 0 aromatic carbocycles. The number of hydrogen-bond donors (Lipinski definition) is 1. The van der Waals surface area contributed by atoms with Gasteiger partial charge < -0.3 is 14.6 Å². The highest BCUT2D eigenvalue weighted by Crippen LogP contribution is 1.97. The van der Waals surface area contributed by atoms with E-state index in [1.54, 1.807) is 13.8 Å². The van der Waals surface area contributed by atoms with Gasteiger partial charge in [0.15, 0.2) is 6.10 Å². The highest BCUT2D eigenvalue weighted by Gasteiger charge is 2.20. The van der Waals surface area contributed by atoms with E-state index in [9.17, 15) is 9.59 Å². The Bertz CT molecular complexity index is 177. The molecule has 0 fully saturated rings. The van der Waals surface area contributed by atoms with E-state index < -0.39 is 18.0 Å². The van der Waals surface area contributed by atoms with Gasteiger partial charge in [0.2, 0.25) is 0 Å². The van der Waals surface area contributed by atoms with Gasteiger partial charge in [0.05, 0.1) is 19.6 Å². The SMILES string of the molecule is CCOC(=O)C[C@H](O)C(=O)OCC. The van der Waals surface area contributed by atoms with E-state index in [4.69, 9.17) is 5.11 Å². The van der Waals surface area contributed by atoms with Crippen LogP contribution in [0.2, 0.25) is 0 Å². The lowest BCUT2D eigenvalue weighted by Crippen LogP contribution is -2.26. The molecular weight excluding hydrogens is 176 g/mol. The lowest BCUT2D eigenvalue weighted by Gasteiger charge is -2.08. The predicted octanol–water partition coefficient (Wildman–Crippen LogP) is -0.136. The van der Waals surface area contributed by atoms with Gasteiger partial charge in [-0.15, -0.1) is 0 Å². The number of esters is 2. The van der Waals surface area contributed by atoms with Crippen molar-refractivity contribution < 1.29 is 24.2 Å². The molecule has 0 spiro atoms. The molecule has 0 unspecified atom stereocenters. The summed E-state index contributed by atoms with van der Waals surface area (Å²) in [6.45, 7) is 3.68. The minimum absolute atomic E-state index is 0.179. The van der Waals surface area contributed by atoms with E-state index in [1.165, 1.54) is 0 Å². The Morgan fingerprint density at radius 2 is 1.77 bits per heavy atom. The van der Waals surface area contributed by atoms with Crippen LogP contribution in [0.5, 0.6) is 0 Å². The van der Waals surface area contributed by atoms with Crippen molar-refractivity contribution in [3.8, 4) is 0 Å². The number of ether oxygens (including phenoxy) is 2. The van der Waals surface area contributed by atoms with Crippen molar-refractivity contribution >= 4 is 11.9 Å². The molecule has 5 heteroatoms. The summed E-state index contributed by atoms with van der Waals surface area (Å²) >= 11 is 0. The second kappa shape index (κ2) is 6.42. The normalized spacial score (nSPS) is 11.9. The van der Waals surface area contributed by atoms with Crippen LogP contribution in [0.25, 0.3) is 0 Å². The summed E-state index contributed by atoms with van der Waals surface area (Å²) in [6, 6.07) is 0. The van der Waals surface area contributed by atoms with Crippen molar-refractivity contribution in [3.05, 3.63) is 0 Å². The van der Waals surface area contributed by atoms with E-state index in [0.29, 0.717) is 0 Å². The smallest absolute Gasteiger partial charge is 0.335 e. The van der Waals surface area contributed by atoms with Crippen LogP contribution in [0.15, 0.2) is 0 Å². The number of aliphatic hydroxyl groups is 1. The summed E-state index contributed by atoms with van der Waals surface area (Å²) in [7, 11) is 0. The van der Waals surface area contributed by atoms with Gasteiger partial charge in [0.1, 0.15) is 0 Å². The van der Waals surface area contributed by atoms with Gasteiger partial charge in [-0.25, -0.2) is 4.79 Å². The average molecular weight is 190 g/mol. The molecule has 0 rings (SSSR count). The Kier molecular flexibility index (Phi) is 5.88. The number of carbonyl (C=O) groups excluding carboxylic acids is 2. The minimum Gasteiger partial charge on any atom is -0.466 e. The van der Waals surface area contributed by atoms with Crippen LogP contribution in [-0.2, 0) is 19.1 Å². The maximum atomic E-state index is 10.8. The van der Waals surface area contributed by atoms with Crippen molar-refractivity contribution in [1.82, 2.24) is 0 Å². The van der Waals surface area contributed by atoms with Crippen LogP contribution in [-0.4, -0.2) is 36.4 Å². The molecule has 0 aromatic heterocycles. The van der Waals surface area contributed by atoms with Crippen LogP contribution >= 0.6 is 0 Å². The van der Waals surface area contributed by atoms with Gasteiger partial charge >= 0.3 is 11.9 Å². The van der Waals surface area contributed by atoms with Gasteiger partial charge in [-0.2, -0.15) is 0 Å². The van der Waals surface area contributed by atoms with Crippen molar-refractivity contribution in [3.63, 3.8) is 0 Å². The van der Waals surface area contributed by atoms with Gasteiger partial charge in [-0.05, 0) is 13.8 Å².